The molecule has 0 fully saturated rings. The molecular formula is C12H22O. The third kappa shape index (κ3) is 2.57. The van der Waals surface area contributed by atoms with E-state index < -0.39 is 5.60 Å². The van der Waals surface area contributed by atoms with Gasteiger partial charge in [-0.25, -0.2) is 0 Å². The molecule has 1 rings (SSSR count). The van der Waals surface area contributed by atoms with Gasteiger partial charge in [0.15, 0.2) is 0 Å². The second-order valence-electron chi connectivity index (χ2n) is 4.11. The highest BCUT2D eigenvalue weighted by atomic mass is 16.3. The summed E-state index contributed by atoms with van der Waals surface area (Å²) in [6, 6.07) is 0. The van der Waals surface area contributed by atoms with Gasteiger partial charge in [0, 0.05) is 0 Å². The summed E-state index contributed by atoms with van der Waals surface area (Å²) in [5, 5.41) is 10.4. The van der Waals surface area contributed by atoms with Crippen molar-refractivity contribution in [2.75, 3.05) is 0 Å². The molecule has 0 aromatic carbocycles. The van der Waals surface area contributed by atoms with E-state index in [1.807, 2.05) is 0 Å². The molecular weight excluding hydrogens is 160 g/mol. The van der Waals surface area contributed by atoms with Crippen LogP contribution in [-0.2, 0) is 0 Å². The van der Waals surface area contributed by atoms with Crippen LogP contribution in [0.3, 0.4) is 0 Å². The predicted molar refractivity (Wildman–Crippen MR) is 56.7 cm³/mol. The first-order valence-corrected chi connectivity index (χ1v) is 5.65. The van der Waals surface area contributed by atoms with Crippen molar-refractivity contribution in [1.82, 2.24) is 0 Å². The van der Waals surface area contributed by atoms with Crippen LogP contribution < -0.4 is 0 Å². The molecule has 1 N–H and O–H groups in total. The van der Waals surface area contributed by atoms with Gasteiger partial charge < -0.3 is 5.11 Å². The van der Waals surface area contributed by atoms with Crippen molar-refractivity contribution >= 4 is 0 Å². The van der Waals surface area contributed by atoms with Crippen molar-refractivity contribution in [3.05, 3.63) is 11.6 Å². The second-order valence-corrected chi connectivity index (χ2v) is 4.11. The Hall–Kier alpha value is -0.300. The molecule has 1 heteroatoms. The molecule has 0 spiro atoms. The van der Waals surface area contributed by atoms with Crippen molar-refractivity contribution in [2.45, 2.75) is 64.4 Å². The molecule has 1 atom stereocenters. The normalized spacial score (nSPS) is 22.2. The van der Waals surface area contributed by atoms with E-state index in [1.165, 1.54) is 24.8 Å². The van der Waals surface area contributed by atoms with Gasteiger partial charge in [0.25, 0.3) is 0 Å². The first kappa shape index (κ1) is 10.8. The molecule has 1 unspecified atom stereocenters. The van der Waals surface area contributed by atoms with Crippen LogP contribution >= 0.6 is 0 Å². The topological polar surface area (TPSA) is 20.2 Å². The number of hydrogen-bond donors (Lipinski definition) is 1. The Morgan fingerprint density at radius 3 is 2.62 bits per heavy atom. The van der Waals surface area contributed by atoms with Crippen molar-refractivity contribution in [3.8, 4) is 0 Å². The van der Waals surface area contributed by atoms with E-state index >= 15 is 0 Å². The summed E-state index contributed by atoms with van der Waals surface area (Å²) in [6.45, 7) is 4.23. The van der Waals surface area contributed by atoms with Gasteiger partial charge in [-0.05, 0) is 44.1 Å². The fourth-order valence-corrected chi connectivity index (χ4v) is 2.24. The van der Waals surface area contributed by atoms with Crippen molar-refractivity contribution in [1.29, 1.82) is 0 Å². The average Bonchev–Trinajstić information content (AvgIpc) is 2.19. The molecule has 1 aliphatic carbocycles. The molecule has 1 aliphatic rings. The Morgan fingerprint density at radius 2 is 2.15 bits per heavy atom. The summed E-state index contributed by atoms with van der Waals surface area (Å²) < 4.78 is 0. The summed E-state index contributed by atoms with van der Waals surface area (Å²) in [5.41, 5.74) is 0.831. The largest absolute Gasteiger partial charge is 0.386 e. The maximum Gasteiger partial charge on any atom is 0.0854 e. The van der Waals surface area contributed by atoms with Crippen LogP contribution in [0.1, 0.15) is 58.8 Å². The van der Waals surface area contributed by atoms with Gasteiger partial charge >= 0.3 is 0 Å². The summed E-state index contributed by atoms with van der Waals surface area (Å²) >= 11 is 0. The summed E-state index contributed by atoms with van der Waals surface area (Å²) in [7, 11) is 0. The molecule has 13 heavy (non-hydrogen) atoms. The molecule has 1 nitrogen and oxygen atoms in total. The van der Waals surface area contributed by atoms with Crippen molar-refractivity contribution in [2.24, 2.45) is 0 Å². The Labute approximate surface area is 81.9 Å². The number of aliphatic hydroxyl groups is 1. The van der Waals surface area contributed by atoms with Gasteiger partial charge in [0.1, 0.15) is 0 Å². The molecule has 0 bridgehead atoms. The zero-order chi connectivity index (χ0) is 9.73. The van der Waals surface area contributed by atoms with E-state index in [0.29, 0.717) is 0 Å². The van der Waals surface area contributed by atoms with Crippen LogP contribution in [-0.4, -0.2) is 10.7 Å². The highest BCUT2D eigenvalue weighted by molar-refractivity contribution is 5.18. The minimum absolute atomic E-state index is 0.477. The third-order valence-electron chi connectivity index (χ3n) is 3.14. The van der Waals surface area contributed by atoms with Gasteiger partial charge in [-0.15, -0.1) is 0 Å². The van der Waals surface area contributed by atoms with Crippen LogP contribution in [0.2, 0.25) is 0 Å². The monoisotopic (exact) mass is 182 g/mol. The van der Waals surface area contributed by atoms with Gasteiger partial charge in [0.2, 0.25) is 0 Å². The first-order chi connectivity index (χ1) is 6.23. The van der Waals surface area contributed by atoms with E-state index in [9.17, 15) is 5.11 Å². The molecule has 0 radical (unpaired) electrons. The van der Waals surface area contributed by atoms with Crippen LogP contribution in [0.5, 0.6) is 0 Å². The zero-order valence-electron chi connectivity index (χ0n) is 8.97. The molecule has 0 aromatic heterocycles. The maximum atomic E-state index is 10.4. The van der Waals surface area contributed by atoms with Crippen LogP contribution in [0.25, 0.3) is 0 Å². The smallest absolute Gasteiger partial charge is 0.0854 e. The summed E-state index contributed by atoms with van der Waals surface area (Å²) in [4.78, 5) is 0. The maximum absolute atomic E-state index is 10.4. The highest BCUT2D eigenvalue weighted by Gasteiger charge is 2.28. The quantitative estimate of drug-likeness (QED) is 0.660. The van der Waals surface area contributed by atoms with Gasteiger partial charge in [0.05, 0.1) is 5.60 Å². The lowest BCUT2D eigenvalue weighted by Gasteiger charge is -2.31. The van der Waals surface area contributed by atoms with E-state index in [0.717, 1.165) is 25.7 Å². The van der Waals surface area contributed by atoms with E-state index in [4.69, 9.17) is 0 Å². The first-order valence-electron chi connectivity index (χ1n) is 5.65. The predicted octanol–water partition coefficient (Wildman–Crippen LogP) is 3.43. The van der Waals surface area contributed by atoms with Crippen LogP contribution in [0.15, 0.2) is 11.6 Å². The number of allylic oxidation sites excluding steroid dienone is 1. The Balaban J connectivity index is 2.68. The van der Waals surface area contributed by atoms with Gasteiger partial charge in [-0.3, -0.25) is 0 Å². The molecule has 0 amide bonds. The average molecular weight is 182 g/mol. The van der Waals surface area contributed by atoms with Crippen molar-refractivity contribution < 1.29 is 5.11 Å². The van der Waals surface area contributed by atoms with E-state index in [2.05, 4.69) is 19.9 Å². The standard InChI is InChI=1S/C12H22O/c1-3-10-12(13,4-2)11-8-6-5-7-9-11/h8,13H,3-7,9-10H2,1-2H3. The summed E-state index contributed by atoms with van der Waals surface area (Å²) in [6.07, 6.45) is 9.98. The Kier molecular flexibility index (Phi) is 3.98. The van der Waals surface area contributed by atoms with Crippen molar-refractivity contribution in [3.63, 3.8) is 0 Å². The zero-order valence-corrected chi connectivity index (χ0v) is 8.97. The number of rotatable bonds is 4. The molecule has 0 heterocycles. The molecule has 0 aromatic rings. The molecule has 76 valence electrons. The molecule has 0 saturated carbocycles. The fourth-order valence-electron chi connectivity index (χ4n) is 2.24. The third-order valence-corrected chi connectivity index (χ3v) is 3.14. The van der Waals surface area contributed by atoms with Crippen LogP contribution in [0, 0.1) is 0 Å². The molecule has 0 saturated heterocycles. The Bertz CT molecular complexity index is 184. The SMILES string of the molecule is CCCC(O)(CC)C1=CCCCC1. The van der Waals surface area contributed by atoms with E-state index in [-0.39, 0.29) is 0 Å². The molecule has 0 aliphatic heterocycles. The highest BCUT2D eigenvalue weighted by Crippen LogP contribution is 2.33. The lowest BCUT2D eigenvalue weighted by atomic mass is 9.81. The van der Waals surface area contributed by atoms with E-state index in [1.54, 1.807) is 0 Å². The lowest BCUT2D eigenvalue weighted by molar-refractivity contribution is 0.0589. The second kappa shape index (κ2) is 4.80. The lowest BCUT2D eigenvalue weighted by Crippen LogP contribution is -2.31. The summed E-state index contributed by atoms with van der Waals surface area (Å²) in [5.74, 6) is 0. The Morgan fingerprint density at radius 1 is 1.38 bits per heavy atom. The fraction of sp³-hybridized carbons (Fsp3) is 0.833. The minimum atomic E-state index is -0.477. The van der Waals surface area contributed by atoms with Crippen LogP contribution in [0.4, 0.5) is 0 Å². The van der Waals surface area contributed by atoms with Gasteiger partial charge in [-0.1, -0.05) is 26.3 Å². The van der Waals surface area contributed by atoms with Gasteiger partial charge in [-0.2, -0.15) is 0 Å². The minimum Gasteiger partial charge on any atom is -0.386 e. The number of hydrogen-bond acceptors (Lipinski definition) is 1.